The number of anilines is 1. The van der Waals surface area contributed by atoms with E-state index in [1.807, 2.05) is 49.4 Å². The standard InChI is InChI=1S/C18H16N4O/c1-13(14-6-3-2-4-7-14)18(23)22-16-11-20-17(21-12-16)15-8-5-9-19-10-15/h2-13H,1H3,(H,22,23)/t13-/m1/s1. The maximum atomic E-state index is 12.3. The minimum Gasteiger partial charge on any atom is -0.323 e. The average Bonchev–Trinajstić information content (AvgIpc) is 2.63. The lowest BCUT2D eigenvalue weighted by Crippen LogP contribution is -2.19. The minimum absolute atomic E-state index is 0.0890. The fourth-order valence-electron chi connectivity index (χ4n) is 2.18. The smallest absolute Gasteiger partial charge is 0.231 e. The number of hydrogen-bond acceptors (Lipinski definition) is 4. The van der Waals surface area contributed by atoms with Crippen LogP contribution in [0.5, 0.6) is 0 Å². The van der Waals surface area contributed by atoms with Crippen LogP contribution in [0, 0.1) is 0 Å². The molecule has 5 nitrogen and oxygen atoms in total. The highest BCUT2D eigenvalue weighted by atomic mass is 16.1. The van der Waals surface area contributed by atoms with E-state index in [2.05, 4.69) is 20.3 Å². The highest BCUT2D eigenvalue weighted by Crippen LogP contribution is 2.18. The normalized spacial score (nSPS) is 11.7. The third kappa shape index (κ3) is 3.58. The molecule has 5 heteroatoms. The number of carbonyl (C=O) groups excluding carboxylic acids is 1. The SMILES string of the molecule is C[C@@H](C(=O)Nc1cnc(-c2cccnc2)nc1)c1ccccc1. The zero-order valence-corrected chi connectivity index (χ0v) is 12.7. The number of hydrogen-bond donors (Lipinski definition) is 1. The second-order valence-electron chi connectivity index (χ2n) is 5.16. The molecule has 0 saturated carbocycles. The first-order valence-electron chi connectivity index (χ1n) is 7.32. The molecule has 114 valence electrons. The van der Waals surface area contributed by atoms with Crippen LogP contribution in [-0.2, 0) is 4.79 Å². The Hall–Kier alpha value is -3.08. The topological polar surface area (TPSA) is 67.8 Å². The Bertz CT molecular complexity index is 773. The van der Waals surface area contributed by atoms with Gasteiger partial charge < -0.3 is 5.32 Å². The summed E-state index contributed by atoms with van der Waals surface area (Å²) in [6.45, 7) is 1.87. The van der Waals surface area contributed by atoms with E-state index in [0.29, 0.717) is 11.5 Å². The van der Waals surface area contributed by atoms with Crippen LogP contribution in [0.3, 0.4) is 0 Å². The van der Waals surface area contributed by atoms with Gasteiger partial charge in [0.1, 0.15) is 0 Å². The van der Waals surface area contributed by atoms with Crippen LogP contribution in [0.1, 0.15) is 18.4 Å². The first kappa shape index (κ1) is 14.8. The lowest BCUT2D eigenvalue weighted by Gasteiger charge is -2.12. The first-order valence-corrected chi connectivity index (χ1v) is 7.32. The van der Waals surface area contributed by atoms with Gasteiger partial charge in [0.15, 0.2) is 5.82 Å². The lowest BCUT2D eigenvalue weighted by molar-refractivity contribution is -0.117. The van der Waals surface area contributed by atoms with Gasteiger partial charge >= 0.3 is 0 Å². The summed E-state index contributed by atoms with van der Waals surface area (Å²) in [5.41, 5.74) is 2.38. The van der Waals surface area contributed by atoms with Gasteiger partial charge in [0.05, 0.1) is 24.0 Å². The fraction of sp³-hybridized carbons (Fsp3) is 0.111. The Kier molecular flexibility index (Phi) is 4.38. The van der Waals surface area contributed by atoms with E-state index >= 15 is 0 Å². The van der Waals surface area contributed by atoms with Crippen molar-refractivity contribution in [2.45, 2.75) is 12.8 Å². The number of pyridine rings is 1. The van der Waals surface area contributed by atoms with Gasteiger partial charge in [0, 0.05) is 18.0 Å². The number of amides is 1. The van der Waals surface area contributed by atoms with Crippen molar-refractivity contribution < 1.29 is 4.79 Å². The zero-order valence-electron chi connectivity index (χ0n) is 12.7. The Labute approximate surface area is 134 Å². The van der Waals surface area contributed by atoms with Crippen LogP contribution >= 0.6 is 0 Å². The van der Waals surface area contributed by atoms with E-state index in [1.165, 1.54) is 0 Å². The van der Waals surface area contributed by atoms with E-state index in [4.69, 9.17) is 0 Å². The number of nitrogens with zero attached hydrogens (tertiary/aromatic N) is 3. The summed E-state index contributed by atoms with van der Waals surface area (Å²) in [5.74, 6) is 0.246. The predicted octanol–water partition coefficient (Wildman–Crippen LogP) is 3.28. The molecule has 1 N–H and O–H groups in total. The molecule has 0 radical (unpaired) electrons. The molecule has 3 rings (SSSR count). The van der Waals surface area contributed by atoms with E-state index < -0.39 is 0 Å². The largest absolute Gasteiger partial charge is 0.323 e. The summed E-state index contributed by atoms with van der Waals surface area (Å²) >= 11 is 0. The molecule has 1 aromatic carbocycles. The third-order valence-electron chi connectivity index (χ3n) is 3.53. The summed E-state index contributed by atoms with van der Waals surface area (Å²) in [6.07, 6.45) is 6.60. The van der Waals surface area contributed by atoms with Gasteiger partial charge in [-0.15, -0.1) is 0 Å². The molecule has 2 heterocycles. The number of nitrogens with one attached hydrogen (secondary N) is 1. The number of carbonyl (C=O) groups is 1. The van der Waals surface area contributed by atoms with Crippen LogP contribution in [0.15, 0.2) is 67.3 Å². The van der Waals surface area contributed by atoms with Crippen molar-refractivity contribution in [2.75, 3.05) is 5.32 Å². The summed E-state index contributed by atoms with van der Waals surface area (Å²) < 4.78 is 0. The molecular weight excluding hydrogens is 288 g/mol. The number of aromatic nitrogens is 3. The van der Waals surface area contributed by atoms with E-state index in [-0.39, 0.29) is 11.8 Å². The van der Waals surface area contributed by atoms with Gasteiger partial charge in [-0.2, -0.15) is 0 Å². The molecule has 0 aliphatic carbocycles. The molecule has 0 bridgehead atoms. The van der Waals surface area contributed by atoms with Crippen molar-refractivity contribution in [2.24, 2.45) is 0 Å². The van der Waals surface area contributed by atoms with Gasteiger partial charge in [0.2, 0.25) is 5.91 Å². The Morgan fingerprint density at radius 1 is 1.00 bits per heavy atom. The molecule has 0 fully saturated rings. The molecule has 0 aliphatic heterocycles. The van der Waals surface area contributed by atoms with Crippen LogP contribution < -0.4 is 5.32 Å². The summed E-state index contributed by atoms with van der Waals surface area (Å²) in [4.78, 5) is 24.9. The quantitative estimate of drug-likeness (QED) is 0.803. The first-order chi connectivity index (χ1) is 11.2. The van der Waals surface area contributed by atoms with Crippen molar-refractivity contribution in [3.05, 3.63) is 72.8 Å². The van der Waals surface area contributed by atoms with Gasteiger partial charge in [-0.1, -0.05) is 30.3 Å². The fourth-order valence-corrected chi connectivity index (χ4v) is 2.18. The van der Waals surface area contributed by atoms with Crippen LogP contribution in [0.4, 0.5) is 5.69 Å². The van der Waals surface area contributed by atoms with Crippen molar-refractivity contribution in [1.29, 1.82) is 0 Å². The second-order valence-corrected chi connectivity index (χ2v) is 5.16. The van der Waals surface area contributed by atoms with Gasteiger partial charge in [-0.25, -0.2) is 9.97 Å². The summed E-state index contributed by atoms with van der Waals surface area (Å²) in [7, 11) is 0. The predicted molar refractivity (Wildman–Crippen MR) is 88.7 cm³/mol. The van der Waals surface area contributed by atoms with Crippen molar-refractivity contribution in [3.8, 4) is 11.4 Å². The third-order valence-corrected chi connectivity index (χ3v) is 3.53. The van der Waals surface area contributed by atoms with Gasteiger partial charge in [-0.05, 0) is 24.6 Å². The van der Waals surface area contributed by atoms with Crippen LogP contribution in [0.2, 0.25) is 0 Å². The van der Waals surface area contributed by atoms with Crippen molar-refractivity contribution in [1.82, 2.24) is 15.0 Å². The molecule has 0 saturated heterocycles. The molecule has 1 atom stereocenters. The average molecular weight is 304 g/mol. The monoisotopic (exact) mass is 304 g/mol. The molecule has 1 amide bonds. The maximum Gasteiger partial charge on any atom is 0.231 e. The molecule has 3 aromatic rings. The minimum atomic E-state index is -0.241. The Morgan fingerprint density at radius 2 is 1.74 bits per heavy atom. The molecule has 0 aliphatic rings. The summed E-state index contributed by atoms with van der Waals surface area (Å²) in [5, 5.41) is 2.84. The number of benzene rings is 1. The van der Waals surface area contributed by atoms with Crippen LogP contribution in [0.25, 0.3) is 11.4 Å². The molecule has 23 heavy (non-hydrogen) atoms. The van der Waals surface area contributed by atoms with Gasteiger partial charge in [-0.3, -0.25) is 9.78 Å². The van der Waals surface area contributed by atoms with Crippen molar-refractivity contribution >= 4 is 11.6 Å². The highest BCUT2D eigenvalue weighted by Gasteiger charge is 2.15. The zero-order chi connectivity index (χ0) is 16.1. The van der Waals surface area contributed by atoms with E-state index in [0.717, 1.165) is 11.1 Å². The lowest BCUT2D eigenvalue weighted by atomic mass is 10.0. The van der Waals surface area contributed by atoms with E-state index in [9.17, 15) is 4.79 Å². The Balaban J connectivity index is 1.70. The molecule has 2 aromatic heterocycles. The highest BCUT2D eigenvalue weighted by molar-refractivity contribution is 5.95. The maximum absolute atomic E-state index is 12.3. The van der Waals surface area contributed by atoms with E-state index in [1.54, 1.807) is 24.8 Å². The second kappa shape index (κ2) is 6.79. The molecular formula is C18H16N4O. The van der Waals surface area contributed by atoms with Crippen LogP contribution in [-0.4, -0.2) is 20.9 Å². The van der Waals surface area contributed by atoms with Crippen molar-refractivity contribution in [3.63, 3.8) is 0 Å². The summed E-state index contributed by atoms with van der Waals surface area (Å²) in [6, 6.07) is 13.4. The van der Waals surface area contributed by atoms with Gasteiger partial charge in [0.25, 0.3) is 0 Å². The molecule has 0 spiro atoms. The number of rotatable bonds is 4. The Morgan fingerprint density at radius 3 is 2.39 bits per heavy atom. The molecule has 0 unspecified atom stereocenters.